The quantitative estimate of drug-likeness (QED) is 0.784. The maximum Gasteiger partial charge on any atom is 0.224 e. The molecule has 0 saturated carbocycles. The summed E-state index contributed by atoms with van der Waals surface area (Å²) in [4.78, 5) is 19.6. The molecule has 29 heavy (non-hydrogen) atoms. The number of benzene rings is 2. The molecule has 5 heteroatoms. The van der Waals surface area contributed by atoms with Crippen molar-refractivity contribution in [3.05, 3.63) is 65.2 Å². The average Bonchev–Trinajstić information content (AvgIpc) is 2.70. The summed E-state index contributed by atoms with van der Waals surface area (Å²) in [6, 6.07) is 17.1. The fraction of sp³-hybridized carbons (Fsp3) is 0.458. The summed E-state index contributed by atoms with van der Waals surface area (Å²) in [7, 11) is 6.28. The summed E-state index contributed by atoms with van der Waals surface area (Å²) < 4.78 is 0. The van der Waals surface area contributed by atoms with E-state index in [4.69, 9.17) is 0 Å². The van der Waals surface area contributed by atoms with Crippen molar-refractivity contribution in [1.29, 1.82) is 0 Å². The van der Waals surface area contributed by atoms with Crippen LogP contribution in [-0.4, -0.2) is 69.6 Å². The Labute approximate surface area is 175 Å². The fourth-order valence-electron chi connectivity index (χ4n) is 3.87. The number of anilines is 1. The maximum atomic E-state index is 12.6. The molecule has 5 nitrogen and oxygen atoms in total. The molecule has 1 saturated heterocycles. The van der Waals surface area contributed by atoms with E-state index in [2.05, 4.69) is 84.5 Å². The molecule has 1 heterocycles. The number of nitrogens with zero attached hydrogens (tertiary/aromatic N) is 3. The summed E-state index contributed by atoms with van der Waals surface area (Å²) in [5.41, 5.74) is 4.70. The molecule has 0 bridgehead atoms. The van der Waals surface area contributed by atoms with Crippen molar-refractivity contribution in [3.63, 3.8) is 0 Å². The van der Waals surface area contributed by atoms with Gasteiger partial charge in [0.05, 0.1) is 12.5 Å². The minimum absolute atomic E-state index is 0.0830. The SMILES string of the molecule is Cc1cccc(CC(=O)NCC(c2ccc(N(C)C)cc2)N2CCN(C)CC2)c1. The smallest absolute Gasteiger partial charge is 0.224 e. The first kappa shape index (κ1) is 21.3. The first-order valence-corrected chi connectivity index (χ1v) is 10.4. The van der Waals surface area contributed by atoms with Crippen molar-refractivity contribution in [2.45, 2.75) is 19.4 Å². The van der Waals surface area contributed by atoms with Crippen LogP contribution in [0, 0.1) is 6.92 Å². The molecular weight excluding hydrogens is 360 g/mol. The highest BCUT2D eigenvalue weighted by Gasteiger charge is 2.24. The van der Waals surface area contributed by atoms with Crippen LogP contribution in [0.1, 0.15) is 22.7 Å². The summed E-state index contributed by atoms with van der Waals surface area (Å²) >= 11 is 0. The zero-order chi connectivity index (χ0) is 20.8. The summed E-state index contributed by atoms with van der Waals surface area (Å²) in [5.74, 6) is 0.0830. The van der Waals surface area contributed by atoms with Crippen molar-refractivity contribution in [1.82, 2.24) is 15.1 Å². The van der Waals surface area contributed by atoms with E-state index in [1.807, 2.05) is 12.1 Å². The number of piperazine rings is 1. The van der Waals surface area contributed by atoms with Gasteiger partial charge in [0.2, 0.25) is 5.91 Å². The third-order valence-electron chi connectivity index (χ3n) is 5.71. The zero-order valence-corrected chi connectivity index (χ0v) is 18.2. The van der Waals surface area contributed by atoms with Crippen LogP contribution in [0.4, 0.5) is 5.69 Å². The van der Waals surface area contributed by atoms with Crippen molar-refractivity contribution in [2.75, 3.05) is 58.8 Å². The van der Waals surface area contributed by atoms with Gasteiger partial charge in [-0.25, -0.2) is 0 Å². The minimum Gasteiger partial charge on any atom is -0.378 e. The highest BCUT2D eigenvalue weighted by atomic mass is 16.1. The molecule has 0 aromatic heterocycles. The van der Waals surface area contributed by atoms with Crippen molar-refractivity contribution in [3.8, 4) is 0 Å². The van der Waals surface area contributed by atoms with E-state index in [0.717, 1.165) is 31.7 Å². The lowest BCUT2D eigenvalue weighted by atomic mass is 10.0. The number of likely N-dealkylation sites (N-methyl/N-ethyl adjacent to an activating group) is 1. The largest absolute Gasteiger partial charge is 0.378 e. The average molecular weight is 395 g/mol. The van der Waals surface area contributed by atoms with Gasteiger partial charge in [-0.15, -0.1) is 0 Å². The minimum atomic E-state index is 0.0830. The molecule has 1 unspecified atom stereocenters. The summed E-state index contributed by atoms with van der Waals surface area (Å²) in [5, 5.41) is 3.19. The molecule has 1 aliphatic heterocycles. The highest BCUT2D eigenvalue weighted by Crippen LogP contribution is 2.24. The van der Waals surface area contributed by atoms with Crippen LogP contribution in [0.3, 0.4) is 0 Å². The lowest BCUT2D eigenvalue weighted by Crippen LogP contribution is -2.48. The summed E-state index contributed by atoms with van der Waals surface area (Å²) in [6.45, 7) is 6.85. The van der Waals surface area contributed by atoms with Crippen molar-refractivity contribution >= 4 is 11.6 Å². The zero-order valence-electron chi connectivity index (χ0n) is 18.2. The van der Waals surface area contributed by atoms with E-state index in [1.165, 1.54) is 16.8 Å². The number of rotatable bonds is 7. The van der Waals surface area contributed by atoms with Crippen LogP contribution in [-0.2, 0) is 11.2 Å². The Kier molecular flexibility index (Phi) is 7.29. The highest BCUT2D eigenvalue weighted by molar-refractivity contribution is 5.78. The predicted octanol–water partition coefficient (Wildman–Crippen LogP) is 2.71. The standard InChI is InChI=1S/C24H34N4O/c1-19-6-5-7-20(16-19)17-24(29)25-18-23(28-14-12-27(4)13-15-28)21-8-10-22(11-9-21)26(2)3/h5-11,16,23H,12-15,17-18H2,1-4H3,(H,25,29). The molecule has 0 radical (unpaired) electrons. The van der Waals surface area contributed by atoms with E-state index in [-0.39, 0.29) is 11.9 Å². The Balaban J connectivity index is 1.68. The normalized spacial score (nSPS) is 16.4. The molecule has 0 aliphatic carbocycles. The Hall–Kier alpha value is -2.37. The molecule has 2 aromatic carbocycles. The van der Waals surface area contributed by atoms with Crippen LogP contribution in [0.15, 0.2) is 48.5 Å². The van der Waals surface area contributed by atoms with E-state index >= 15 is 0 Å². The lowest BCUT2D eigenvalue weighted by molar-refractivity contribution is -0.120. The van der Waals surface area contributed by atoms with Gasteiger partial charge in [0, 0.05) is 52.5 Å². The molecule has 1 N–H and O–H groups in total. The van der Waals surface area contributed by atoms with Crippen LogP contribution in [0.25, 0.3) is 0 Å². The Morgan fingerprint density at radius 1 is 1.07 bits per heavy atom. The maximum absolute atomic E-state index is 12.6. The lowest BCUT2D eigenvalue weighted by Gasteiger charge is -2.38. The van der Waals surface area contributed by atoms with Gasteiger partial charge >= 0.3 is 0 Å². The number of hydrogen-bond acceptors (Lipinski definition) is 4. The van der Waals surface area contributed by atoms with Crippen LogP contribution >= 0.6 is 0 Å². The second-order valence-electron chi connectivity index (χ2n) is 8.31. The third kappa shape index (κ3) is 6.05. The molecule has 2 aromatic rings. The number of nitrogens with one attached hydrogen (secondary N) is 1. The molecule has 156 valence electrons. The molecule has 1 fully saturated rings. The van der Waals surface area contributed by atoms with E-state index in [9.17, 15) is 4.79 Å². The van der Waals surface area contributed by atoms with E-state index < -0.39 is 0 Å². The molecule has 3 rings (SSSR count). The van der Waals surface area contributed by atoms with E-state index in [1.54, 1.807) is 0 Å². The molecule has 1 amide bonds. The number of carbonyl (C=O) groups excluding carboxylic acids is 1. The first-order valence-electron chi connectivity index (χ1n) is 10.4. The van der Waals surface area contributed by atoms with Gasteiger partial charge in [-0.05, 0) is 37.2 Å². The van der Waals surface area contributed by atoms with Crippen molar-refractivity contribution < 1.29 is 4.79 Å². The molecule has 0 spiro atoms. The Morgan fingerprint density at radius 2 is 1.76 bits per heavy atom. The number of carbonyl (C=O) groups is 1. The Morgan fingerprint density at radius 3 is 2.38 bits per heavy atom. The van der Waals surface area contributed by atoms with Gasteiger partial charge < -0.3 is 15.1 Å². The van der Waals surface area contributed by atoms with Crippen LogP contribution in [0.2, 0.25) is 0 Å². The van der Waals surface area contributed by atoms with Crippen LogP contribution < -0.4 is 10.2 Å². The molecular formula is C24H34N4O. The monoisotopic (exact) mass is 394 g/mol. The van der Waals surface area contributed by atoms with Gasteiger partial charge in [0.1, 0.15) is 0 Å². The first-order chi connectivity index (χ1) is 13.9. The number of amides is 1. The second-order valence-corrected chi connectivity index (χ2v) is 8.31. The van der Waals surface area contributed by atoms with Crippen molar-refractivity contribution in [2.24, 2.45) is 0 Å². The topological polar surface area (TPSA) is 38.8 Å². The molecule has 1 aliphatic rings. The predicted molar refractivity (Wildman–Crippen MR) is 120 cm³/mol. The fourth-order valence-corrected chi connectivity index (χ4v) is 3.87. The summed E-state index contributed by atoms with van der Waals surface area (Å²) in [6.07, 6.45) is 0.427. The number of aryl methyl sites for hydroxylation is 1. The third-order valence-corrected chi connectivity index (χ3v) is 5.71. The van der Waals surface area contributed by atoms with Gasteiger partial charge in [-0.3, -0.25) is 9.69 Å². The number of hydrogen-bond donors (Lipinski definition) is 1. The Bertz CT molecular complexity index is 795. The van der Waals surface area contributed by atoms with E-state index in [0.29, 0.717) is 13.0 Å². The molecule has 1 atom stereocenters. The van der Waals surface area contributed by atoms with Gasteiger partial charge in [0.25, 0.3) is 0 Å². The van der Waals surface area contributed by atoms with Gasteiger partial charge in [-0.1, -0.05) is 42.0 Å². The van der Waals surface area contributed by atoms with Crippen LogP contribution in [0.5, 0.6) is 0 Å². The van der Waals surface area contributed by atoms with Gasteiger partial charge in [-0.2, -0.15) is 0 Å². The second kappa shape index (κ2) is 9.90. The van der Waals surface area contributed by atoms with Gasteiger partial charge in [0.15, 0.2) is 0 Å².